The van der Waals surface area contributed by atoms with Gasteiger partial charge in [-0.25, -0.2) is 14.5 Å². The Morgan fingerprint density at radius 1 is 0.705 bits per heavy atom. The third-order valence-corrected chi connectivity index (χ3v) is 8.65. The van der Waals surface area contributed by atoms with Crippen LogP contribution >= 0.6 is 0 Å². The smallest absolute Gasteiger partial charge is 0.339 e. The molecule has 4 aromatic rings. The maximum absolute atomic E-state index is 14.5. The molecule has 2 fully saturated rings. The van der Waals surface area contributed by atoms with E-state index in [9.17, 15) is 19.2 Å². The summed E-state index contributed by atoms with van der Waals surface area (Å²) in [7, 11) is 1.24. The summed E-state index contributed by atoms with van der Waals surface area (Å²) >= 11 is 0. The molecule has 7 rings (SSSR count). The van der Waals surface area contributed by atoms with Gasteiger partial charge in [0, 0.05) is 5.69 Å². The number of hydrogen-bond donors (Lipinski definition) is 0. The second-order valence-corrected chi connectivity index (χ2v) is 11.0. The standard InChI is InChI=1S/C36H28N2O6/c1-43-35(41)25-17-9-11-19-27(25)38-33(39)29-28-21-20-22-12-8-10-18-26(22)37(28)31(30(29)34(38)40)36(42)44-32(23-13-4-2-5-14-23)24-15-6-3-7-16-24/h2-21,28-32H,1H3/t28-,29+,30+,31-/m0/s1. The Hall–Kier alpha value is -5.50. The van der Waals surface area contributed by atoms with Crippen LogP contribution in [0.5, 0.6) is 0 Å². The number of amides is 2. The van der Waals surface area contributed by atoms with E-state index in [0.717, 1.165) is 27.3 Å². The van der Waals surface area contributed by atoms with Crippen molar-refractivity contribution in [2.24, 2.45) is 11.8 Å². The predicted molar refractivity (Wildman–Crippen MR) is 164 cm³/mol. The zero-order chi connectivity index (χ0) is 30.4. The number of hydrogen-bond acceptors (Lipinski definition) is 7. The zero-order valence-corrected chi connectivity index (χ0v) is 23.8. The summed E-state index contributed by atoms with van der Waals surface area (Å²) in [6, 6.07) is 31.1. The van der Waals surface area contributed by atoms with Gasteiger partial charge in [0.05, 0.1) is 36.2 Å². The predicted octanol–water partition coefficient (Wildman–Crippen LogP) is 5.20. The van der Waals surface area contributed by atoms with Crippen molar-refractivity contribution in [2.45, 2.75) is 18.2 Å². The maximum Gasteiger partial charge on any atom is 0.339 e. The van der Waals surface area contributed by atoms with Crippen LogP contribution in [0.25, 0.3) is 6.08 Å². The first kappa shape index (κ1) is 27.3. The summed E-state index contributed by atoms with van der Waals surface area (Å²) < 4.78 is 11.3. The van der Waals surface area contributed by atoms with Crippen molar-refractivity contribution < 1.29 is 28.7 Å². The molecule has 0 saturated carbocycles. The number of esters is 2. The number of anilines is 2. The third-order valence-electron chi connectivity index (χ3n) is 8.65. The average Bonchev–Trinajstić information content (AvgIpc) is 3.56. The van der Waals surface area contributed by atoms with Gasteiger partial charge in [-0.15, -0.1) is 0 Å². The zero-order valence-electron chi connectivity index (χ0n) is 23.8. The van der Waals surface area contributed by atoms with Crippen molar-refractivity contribution in [1.82, 2.24) is 0 Å². The highest BCUT2D eigenvalue weighted by molar-refractivity contribution is 6.26. The summed E-state index contributed by atoms with van der Waals surface area (Å²) in [6.45, 7) is 0. The van der Waals surface area contributed by atoms with Crippen LogP contribution < -0.4 is 9.80 Å². The Balaban J connectivity index is 1.33. The van der Waals surface area contributed by atoms with Gasteiger partial charge < -0.3 is 14.4 Å². The molecule has 4 aromatic carbocycles. The van der Waals surface area contributed by atoms with Gasteiger partial charge in [0.25, 0.3) is 0 Å². The van der Waals surface area contributed by atoms with Crippen LogP contribution in [0.4, 0.5) is 11.4 Å². The molecule has 8 nitrogen and oxygen atoms in total. The molecule has 3 aliphatic heterocycles. The molecule has 0 radical (unpaired) electrons. The minimum absolute atomic E-state index is 0.0883. The molecule has 0 N–H and O–H groups in total. The molecule has 3 aliphatic rings. The Morgan fingerprint density at radius 3 is 1.93 bits per heavy atom. The van der Waals surface area contributed by atoms with Crippen molar-refractivity contribution >= 4 is 41.2 Å². The number of benzene rings is 4. The summed E-state index contributed by atoms with van der Waals surface area (Å²) in [5, 5.41) is 0. The van der Waals surface area contributed by atoms with Crippen LogP contribution in [-0.2, 0) is 23.9 Å². The highest BCUT2D eigenvalue weighted by atomic mass is 16.5. The number of carbonyl (C=O) groups is 4. The summed E-state index contributed by atoms with van der Waals surface area (Å²) in [6.07, 6.45) is 3.06. The second kappa shape index (κ2) is 11.0. The number of imide groups is 1. The van der Waals surface area contributed by atoms with Gasteiger partial charge in [-0.3, -0.25) is 9.59 Å². The first-order chi connectivity index (χ1) is 21.5. The molecule has 0 spiro atoms. The van der Waals surface area contributed by atoms with E-state index in [-0.39, 0.29) is 11.3 Å². The van der Waals surface area contributed by atoms with Crippen LogP contribution in [-0.4, -0.2) is 42.9 Å². The van der Waals surface area contributed by atoms with Gasteiger partial charge >= 0.3 is 11.9 Å². The lowest BCUT2D eigenvalue weighted by Gasteiger charge is -2.36. The molecule has 0 aliphatic carbocycles. The van der Waals surface area contributed by atoms with E-state index in [0.29, 0.717) is 0 Å². The van der Waals surface area contributed by atoms with Crippen LogP contribution in [0.1, 0.15) is 33.2 Å². The van der Waals surface area contributed by atoms with Crippen LogP contribution in [0.3, 0.4) is 0 Å². The SMILES string of the molecule is COC(=O)c1ccccc1N1C(=O)[C@@H]2[C@H](C1=O)[C@@H]1C=Cc3ccccc3N1[C@@H]2C(=O)OC(c1ccccc1)c1ccccc1. The maximum atomic E-state index is 14.5. The topological polar surface area (TPSA) is 93.2 Å². The number of rotatable bonds is 6. The van der Waals surface area contributed by atoms with Crippen LogP contribution in [0, 0.1) is 11.8 Å². The molecule has 218 valence electrons. The molecule has 4 atom stereocenters. The van der Waals surface area contributed by atoms with Gasteiger partial charge in [-0.05, 0) is 34.9 Å². The fraction of sp³-hybridized carbons (Fsp3) is 0.167. The van der Waals surface area contributed by atoms with E-state index in [1.54, 1.807) is 18.2 Å². The minimum Gasteiger partial charge on any atom is -0.465 e. The van der Waals surface area contributed by atoms with Crippen molar-refractivity contribution in [2.75, 3.05) is 16.9 Å². The van der Waals surface area contributed by atoms with Gasteiger partial charge in [-0.2, -0.15) is 0 Å². The molecule has 8 heteroatoms. The number of carbonyl (C=O) groups excluding carboxylic acids is 4. The van der Waals surface area contributed by atoms with E-state index < -0.39 is 53.8 Å². The lowest BCUT2D eigenvalue weighted by Crippen LogP contribution is -2.49. The molecular weight excluding hydrogens is 556 g/mol. The first-order valence-corrected chi connectivity index (χ1v) is 14.4. The Bertz CT molecular complexity index is 1760. The average molecular weight is 585 g/mol. The largest absolute Gasteiger partial charge is 0.465 e. The number of fused-ring (bicyclic) bond motifs is 5. The number of nitrogens with zero attached hydrogens (tertiary/aromatic N) is 2. The normalized spacial score (nSPS) is 21.6. The van der Waals surface area contributed by atoms with Gasteiger partial charge in [-0.1, -0.05) is 103 Å². The van der Waals surface area contributed by atoms with Gasteiger partial charge in [0.1, 0.15) is 6.04 Å². The summed E-state index contributed by atoms with van der Waals surface area (Å²) in [5.74, 6) is -4.25. The number of para-hydroxylation sites is 2. The van der Waals surface area contributed by atoms with E-state index in [4.69, 9.17) is 9.47 Å². The highest BCUT2D eigenvalue weighted by Crippen LogP contribution is 2.50. The third kappa shape index (κ3) is 4.29. The van der Waals surface area contributed by atoms with Crippen molar-refractivity contribution in [3.05, 3.63) is 138 Å². The van der Waals surface area contributed by atoms with Gasteiger partial charge in [0.2, 0.25) is 11.8 Å². The fourth-order valence-corrected chi connectivity index (χ4v) is 6.74. The Labute approximate surface area is 254 Å². The van der Waals surface area contributed by atoms with Crippen molar-refractivity contribution in [3.8, 4) is 0 Å². The Kier molecular flexibility index (Phi) is 6.81. The first-order valence-electron chi connectivity index (χ1n) is 14.4. The Morgan fingerprint density at radius 2 is 1.27 bits per heavy atom. The molecule has 2 saturated heterocycles. The quantitative estimate of drug-likeness (QED) is 0.227. The molecule has 2 amide bonds. The minimum atomic E-state index is -1.10. The lowest BCUT2D eigenvalue weighted by molar-refractivity contribution is -0.151. The molecule has 3 heterocycles. The number of ether oxygens (including phenoxy) is 2. The van der Waals surface area contributed by atoms with E-state index in [1.165, 1.54) is 13.2 Å². The van der Waals surface area contributed by atoms with E-state index in [1.807, 2.05) is 102 Å². The van der Waals surface area contributed by atoms with Crippen molar-refractivity contribution in [3.63, 3.8) is 0 Å². The number of methoxy groups -OCH3 is 1. The van der Waals surface area contributed by atoms with Gasteiger partial charge in [0.15, 0.2) is 6.10 Å². The van der Waals surface area contributed by atoms with Crippen LogP contribution in [0.2, 0.25) is 0 Å². The summed E-state index contributed by atoms with van der Waals surface area (Å²) in [5.41, 5.74) is 3.39. The van der Waals surface area contributed by atoms with Crippen LogP contribution in [0.15, 0.2) is 115 Å². The monoisotopic (exact) mass is 584 g/mol. The highest BCUT2D eigenvalue weighted by Gasteiger charge is 2.65. The molecule has 0 aromatic heterocycles. The van der Waals surface area contributed by atoms with Crippen molar-refractivity contribution in [1.29, 1.82) is 0 Å². The second-order valence-electron chi connectivity index (χ2n) is 11.0. The summed E-state index contributed by atoms with van der Waals surface area (Å²) in [4.78, 5) is 58.6. The molecular formula is C36H28N2O6. The molecule has 0 unspecified atom stereocenters. The van der Waals surface area contributed by atoms with E-state index >= 15 is 0 Å². The fourth-order valence-electron chi connectivity index (χ4n) is 6.74. The molecule has 44 heavy (non-hydrogen) atoms. The molecule has 0 bridgehead atoms. The van der Waals surface area contributed by atoms with E-state index in [2.05, 4.69) is 0 Å². The lowest BCUT2D eigenvalue weighted by atomic mass is 9.88.